The van der Waals surface area contributed by atoms with E-state index < -0.39 is 11.9 Å². The minimum atomic E-state index is -4.46. The molecule has 1 aliphatic rings. The van der Waals surface area contributed by atoms with E-state index in [0.717, 1.165) is 36.1 Å². The first-order valence-corrected chi connectivity index (χ1v) is 9.68. The lowest BCUT2D eigenvalue weighted by Crippen LogP contribution is -2.32. The molecule has 4 rings (SSSR count). The van der Waals surface area contributed by atoms with Gasteiger partial charge in [-0.15, -0.1) is 0 Å². The van der Waals surface area contributed by atoms with Crippen molar-refractivity contribution in [2.75, 3.05) is 16.8 Å². The van der Waals surface area contributed by atoms with Gasteiger partial charge in [-0.1, -0.05) is 17.7 Å². The zero-order valence-corrected chi connectivity index (χ0v) is 16.7. The van der Waals surface area contributed by atoms with Crippen LogP contribution in [0.5, 0.6) is 0 Å². The molecule has 0 fully saturated rings. The molecule has 10 heteroatoms. The topological polar surface area (TPSA) is 66.8 Å². The van der Waals surface area contributed by atoms with Crippen molar-refractivity contribution < 1.29 is 13.2 Å². The lowest BCUT2D eigenvalue weighted by Gasteiger charge is -2.30. The van der Waals surface area contributed by atoms with Crippen LogP contribution in [-0.2, 0) is 19.1 Å². The summed E-state index contributed by atoms with van der Waals surface area (Å²) in [6.07, 6.45) is 0.604. The highest BCUT2D eigenvalue weighted by molar-refractivity contribution is 6.30. The van der Waals surface area contributed by atoms with Gasteiger partial charge in [0.1, 0.15) is 23.7 Å². The normalized spacial score (nSPS) is 14.9. The number of alkyl halides is 3. The molecule has 4 heterocycles. The predicted octanol–water partition coefficient (Wildman–Crippen LogP) is 4.67. The van der Waals surface area contributed by atoms with E-state index in [2.05, 4.69) is 30.2 Å². The summed E-state index contributed by atoms with van der Waals surface area (Å²) in [5.41, 5.74) is 1.59. The summed E-state index contributed by atoms with van der Waals surface area (Å²) < 4.78 is 38.2. The van der Waals surface area contributed by atoms with Crippen molar-refractivity contribution in [1.29, 1.82) is 0 Å². The Morgan fingerprint density at radius 2 is 1.90 bits per heavy atom. The highest BCUT2D eigenvalue weighted by Gasteiger charge is 2.32. The average molecular weight is 435 g/mol. The third-order valence-electron chi connectivity index (χ3n) is 4.97. The van der Waals surface area contributed by atoms with Gasteiger partial charge in [0.2, 0.25) is 0 Å². The van der Waals surface area contributed by atoms with Crippen molar-refractivity contribution in [1.82, 2.24) is 19.9 Å². The van der Waals surface area contributed by atoms with Gasteiger partial charge in [-0.05, 0) is 30.7 Å². The SMILES string of the molecule is C[C@@H](Nc1ncnc2c1CN(c1ccc(Cl)cn1)CC2)c1ccc(C(F)(F)F)nc1. The minimum Gasteiger partial charge on any atom is -0.363 e. The number of halogens is 4. The molecule has 0 aromatic carbocycles. The fourth-order valence-corrected chi connectivity index (χ4v) is 3.45. The van der Waals surface area contributed by atoms with Crippen LogP contribution in [0.25, 0.3) is 0 Å². The zero-order valence-electron chi connectivity index (χ0n) is 16.0. The highest BCUT2D eigenvalue weighted by Crippen LogP contribution is 2.30. The monoisotopic (exact) mass is 434 g/mol. The van der Waals surface area contributed by atoms with Crippen molar-refractivity contribution in [3.05, 3.63) is 70.5 Å². The van der Waals surface area contributed by atoms with E-state index in [0.29, 0.717) is 22.9 Å². The maximum absolute atomic E-state index is 12.7. The number of pyridine rings is 2. The molecular weight excluding hydrogens is 417 g/mol. The Balaban J connectivity index is 1.54. The van der Waals surface area contributed by atoms with Crippen molar-refractivity contribution in [3.63, 3.8) is 0 Å². The van der Waals surface area contributed by atoms with Crippen LogP contribution in [0.15, 0.2) is 43.0 Å². The van der Waals surface area contributed by atoms with Crippen LogP contribution in [0.1, 0.15) is 35.5 Å². The summed E-state index contributed by atoms with van der Waals surface area (Å²) in [5, 5.41) is 3.86. The van der Waals surface area contributed by atoms with Crippen LogP contribution in [-0.4, -0.2) is 26.5 Å². The fourth-order valence-electron chi connectivity index (χ4n) is 3.33. The average Bonchev–Trinajstić information content (AvgIpc) is 2.74. The molecule has 0 aliphatic carbocycles. The summed E-state index contributed by atoms with van der Waals surface area (Å²) in [5.74, 6) is 1.45. The Labute approximate surface area is 176 Å². The largest absolute Gasteiger partial charge is 0.433 e. The molecule has 0 spiro atoms. The maximum Gasteiger partial charge on any atom is 0.433 e. The van der Waals surface area contributed by atoms with E-state index in [4.69, 9.17) is 11.6 Å². The second-order valence-electron chi connectivity index (χ2n) is 6.99. The second-order valence-corrected chi connectivity index (χ2v) is 7.43. The quantitative estimate of drug-likeness (QED) is 0.643. The predicted molar refractivity (Wildman–Crippen MR) is 107 cm³/mol. The van der Waals surface area contributed by atoms with Gasteiger partial charge >= 0.3 is 6.18 Å². The molecule has 0 unspecified atom stereocenters. The Kier molecular flexibility index (Phi) is 5.46. The van der Waals surface area contributed by atoms with Gasteiger partial charge in [0.05, 0.1) is 16.8 Å². The third-order valence-corrected chi connectivity index (χ3v) is 5.19. The summed E-state index contributed by atoms with van der Waals surface area (Å²) in [6.45, 7) is 3.17. The zero-order chi connectivity index (χ0) is 21.3. The molecule has 30 heavy (non-hydrogen) atoms. The molecule has 0 saturated carbocycles. The summed E-state index contributed by atoms with van der Waals surface area (Å²) in [7, 11) is 0. The Morgan fingerprint density at radius 1 is 1.07 bits per heavy atom. The number of aromatic nitrogens is 4. The molecular formula is C20H18ClF3N6. The fraction of sp³-hybridized carbons (Fsp3) is 0.300. The number of anilines is 2. The van der Waals surface area contributed by atoms with Gasteiger partial charge in [-0.2, -0.15) is 13.2 Å². The van der Waals surface area contributed by atoms with E-state index in [-0.39, 0.29) is 6.04 Å². The van der Waals surface area contributed by atoms with Gasteiger partial charge in [0.25, 0.3) is 0 Å². The molecule has 6 nitrogen and oxygen atoms in total. The minimum absolute atomic E-state index is 0.289. The summed E-state index contributed by atoms with van der Waals surface area (Å²) in [4.78, 5) is 18.8. The molecule has 3 aromatic rings. The standard InChI is InChI=1S/C20H18ClF3N6/c1-12(13-2-4-17(25-8-13)20(22,23)24)29-19-15-10-30(7-6-16(15)27-11-28-19)18-5-3-14(21)9-26-18/h2-5,8-9,11-12H,6-7,10H2,1H3,(H,27,28,29)/t12-/m1/s1. The van der Waals surface area contributed by atoms with Gasteiger partial charge < -0.3 is 10.2 Å². The number of fused-ring (bicyclic) bond motifs is 1. The Hall–Kier alpha value is -2.94. The van der Waals surface area contributed by atoms with Crippen molar-refractivity contribution in [3.8, 4) is 0 Å². The number of nitrogens with zero attached hydrogens (tertiary/aromatic N) is 5. The number of hydrogen-bond acceptors (Lipinski definition) is 6. The molecule has 1 aliphatic heterocycles. The van der Waals surface area contributed by atoms with E-state index in [1.807, 2.05) is 13.0 Å². The van der Waals surface area contributed by atoms with Gasteiger partial charge in [0, 0.05) is 37.5 Å². The van der Waals surface area contributed by atoms with Crippen molar-refractivity contribution in [2.24, 2.45) is 0 Å². The molecule has 156 valence electrons. The summed E-state index contributed by atoms with van der Waals surface area (Å²) >= 11 is 5.93. The number of nitrogens with one attached hydrogen (secondary N) is 1. The molecule has 0 radical (unpaired) electrons. The molecule has 1 N–H and O–H groups in total. The van der Waals surface area contributed by atoms with E-state index in [1.54, 1.807) is 12.3 Å². The van der Waals surface area contributed by atoms with E-state index in [1.165, 1.54) is 18.6 Å². The molecule has 0 bridgehead atoms. The molecule has 0 amide bonds. The lowest BCUT2D eigenvalue weighted by atomic mass is 10.0. The van der Waals surface area contributed by atoms with Crippen LogP contribution in [0.3, 0.4) is 0 Å². The van der Waals surface area contributed by atoms with Gasteiger partial charge in [-0.3, -0.25) is 4.98 Å². The first-order valence-electron chi connectivity index (χ1n) is 9.30. The smallest absolute Gasteiger partial charge is 0.363 e. The van der Waals surface area contributed by atoms with Gasteiger partial charge in [0.15, 0.2) is 0 Å². The van der Waals surface area contributed by atoms with Crippen LogP contribution < -0.4 is 10.2 Å². The number of rotatable bonds is 4. The first-order chi connectivity index (χ1) is 14.3. The van der Waals surface area contributed by atoms with Gasteiger partial charge in [-0.25, -0.2) is 15.0 Å². The third kappa shape index (κ3) is 4.30. The molecule has 3 aromatic heterocycles. The van der Waals surface area contributed by atoms with Crippen LogP contribution >= 0.6 is 11.6 Å². The van der Waals surface area contributed by atoms with Crippen molar-refractivity contribution >= 4 is 23.2 Å². The lowest BCUT2D eigenvalue weighted by molar-refractivity contribution is -0.141. The van der Waals surface area contributed by atoms with Crippen LogP contribution in [0.4, 0.5) is 24.8 Å². The second kappa shape index (κ2) is 8.06. The van der Waals surface area contributed by atoms with E-state index in [9.17, 15) is 13.2 Å². The van der Waals surface area contributed by atoms with Crippen LogP contribution in [0, 0.1) is 0 Å². The Bertz CT molecular complexity index is 1020. The Morgan fingerprint density at radius 3 is 2.57 bits per heavy atom. The first kappa shape index (κ1) is 20.3. The summed E-state index contributed by atoms with van der Waals surface area (Å²) in [6, 6.07) is 5.77. The number of hydrogen-bond donors (Lipinski definition) is 1. The molecule has 1 atom stereocenters. The van der Waals surface area contributed by atoms with Crippen molar-refractivity contribution in [2.45, 2.75) is 32.1 Å². The highest BCUT2D eigenvalue weighted by atomic mass is 35.5. The van der Waals surface area contributed by atoms with Crippen LogP contribution in [0.2, 0.25) is 5.02 Å². The molecule has 0 saturated heterocycles. The van der Waals surface area contributed by atoms with E-state index >= 15 is 0 Å². The maximum atomic E-state index is 12.7.